The molecule has 0 N–H and O–H groups in total. The quantitative estimate of drug-likeness (QED) is 0.524. The van der Waals surface area contributed by atoms with E-state index in [1.54, 1.807) is 4.90 Å². The smallest absolute Gasteiger partial charge is 0.254 e. The number of hydrogen-bond donors (Lipinski definition) is 0. The Morgan fingerprint density at radius 1 is 1.33 bits per heavy atom. The summed E-state index contributed by atoms with van der Waals surface area (Å²) in [5.41, 5.74) is 2.02. The minimum Gasteiger partial charge on any atom is -0.337 e. The van der Waals surface area contributed by atoms with Gasteiger partial charge < -0.3 is 4.90 Å². The van der Waals surface area contributed by atoms with Crippen molar-refractivity contribution in [2.75, 3.05) is 13.6 Å². The Balaban J connectivity index is 2.41. The fourth-order valence-electron chi connectivity index (χ4n) is 1.55. The Morgan fingerprint density at radius 2 is 2.08 bits per heavy atom. The van der Waals surface area contributed by atoms with Crippen LogP contribution in [0.1, 0.15) is 6.42 Å². The van der Waals surface area contributed by atoms with Crippen molar-refractivity contribution in [2.45, 2.75) is 6.42 Å². The zero-order valence-corrected chi connectivity index (χ0v) is 7.08. The van der Waals surface area contributed by atoms with E-state index in [0.717, 1.165) is 24.1 Å². The van der Waals surface area contributed by atoms with Crippen LogP contribution in [0.2, 0.25) is 0 Å². The van der Waals surface area contributed by atoms with Crippen LogP contribution >= 0.6 is 0 Å². The van der Waals surface area contributed by atoms with Gasteiger partial charge in [-0.05, 0) is 12.0 Å². The van der Waals surface area contributed by atoms with Gasteiger partial charge in [-0.1, -0.05) is 24.3 Å². The van der Waals surface area contributed by atoms with Crippen molar-refractivity contribution in [3.63, 3.8) is 0 Å². The third-order valence-electron chi connectivity index (χ3n) is 2.21. The number of carbonyl (C=O) groups is 1. The first-order chi connectivity index (χ1) is 5.79. The van der Waals surface area contributed by atoms with Gasteiger partial charge in [0.1, 0.15) is 0 Å². The van der Waals surface area contributed by atoms with Crippen molar-refractivity contribution in [3.8, 4) is 0 Å². The molecule has 62 valence electrons. The summed E-state index contributed by atoms with van der Waals surface area (Å²) >= 11 is 0. The van der Waals surface area contributed by atoms with Crippen molar-refractivity contribution < 1.29 is 4.79 Å². The highest BCUT2D eigenvalue weighted by Crippen LogP contribution is 2.21. The topological polar surface area (TPSA) is 20.3 Å². The van der Waals surface area contributed by atoms with Gasteiger partial charge in [-0.2, -0.15) is 0 Å². The van der Waals surface area contributed by atoms with E-state index in [-0.39, 0.29) is 5.91 Å². The monoisotopic (exact) mass is 161 g/mol. The number of allylic oxidation sites excluding steroid dienone is 2. The molecule has 0 aromatic heterocycles. The zero-order chi connectivity index (χ0) is 8.55. The number of likely N-dealkylation sites (N-methyl/N-ethyl adjacent to an activating group) is 1. The molecule has 2 rings (SSSR count). The van der Waals surface area contributed by atoms with Crippen LogP contribution in [0.5, 0.6) is 0 Å². The average Bonchev–Trinajstić information content (AvgIpc) is 2.30. The standard InChI is InChI=1S/C10H11NO/c1-11-7-8-5-3-2-4-6-9(8)10(11)12/h3-6H,2,7H2,1H3. The third-order valence-corrected chi connectivity index (χ3v) is 2.21. The summed E-state index contributed by atoms with van der Waals surface area (Å²) in [6.07, 6.45) is 9.03. The molecule has 0 atom stereocenters. The second-order valence-corrected chi connectivity index (χ2v) is 3.14. The molecule has 1 aliphatic heterocycles. The number of rotatable bonds is 0. The van der Waals surface area contributed by atoms with Crippen LogP contribution in [0.3, 0.4) is 0 Å². The first kappa shape index (κ1) is 7.35. The van der Waals surface area contributed by atoms with Crippen LogP contribution in [0, 0.1) is 0 Å². The molecule has 2 aliphatic rings. The van der Waals surface area contributed by atoms with E-state index in [2.05, 4.69) is 12.2 Å². The Labute approximate surface area is 71.9 Å². The second-order valence-electron chi connectivity index (χ2n) is 3.14. The summed E-state index contributed by atoms with van der Waals surface area (Å²) in [6.45, 7) is 0.759. The second kappa shape index (κ2) is 2.63. The first-order valence-corrected chi connectivity index (χ1v) is 4.11. The highest BCUT2D eigenvalue weighted by molar-refractivity contribution is 6.00. The molecular formula is C10H11NO. The maximum Gasteiger partial charge on any atom is 0.254 e. The lowest BCUT2D eigenvalue weighted by Crippen LogP contribution is -2.21. The lowest BCUT2D eigenvalue weighted by Gasteiger charge is -2.06. The van der Waals surface area contributed by atoms with Crippen LogP contribution < -0.4 is 0 Å². The fourth-order valence-corrected chi connectivity index (χ4v) is 1.55. The highest BCUT2D eigenvalue weighted by atomic mass is 16.2. The van der Waals surface area contributed by atoms with Gasteiger partial charge in [-0.25, -0.2) is 0 Å². The van der Waals surface area contributed by atoms with Gasteiger partial charge in [0.25, 0.3) is 5.91 Å². The number of hydrogen-bond acceptors (Lipinski definition) is 1. The van der Waals surface area contributed by atoms with Crippen LogP contribution in [0.25, 0.3) is 0 Å². The predicted octanol–water partition coefficient (Wildman–Crippen LogP) is 1.27. The summed E-state index contributed by atoms with van der Waals surface area (Å²) in [7, 11) is 1.83. The highest BCUT2D eigenvalue weighted by Gasteiger charge is 2.24. The molecule has 0 aromatic carbocycles. The van der Waals surface area contributed by atoms with E-state index in [1.807, 2.05) is 19.2 Å². The first-order valence-electron chi connectivity index (χ1n) is 4.11. The van der Waals surface area contributed by atoms with Gasteiger partial charge in [0.15, 0.2) is 0 Å². The molecular weight excluding hydrogens is 150 g/mol. The van der Waals surface area contributed by atoms with Crippen LogP contribution in [0.15, 0.2) is 35.5 Å². The summed E-state index contributed by atoms with van der Waals surface area (Å²) in [5, 5.41) is 0. The predicted molar refractivity (Wildman–Crippen MR) is 47.6 cm³/mol. The van der Waals surface area contributed by atoms with Crippen molar-refractivity contribution in [1.82, 2.24) is 4.90 Å². The van der Waals surface area contributed by atoms with Crippen LogP contribution in [0.4, 0.5) is 0 Å². The van der Waals surface area contributed by atoms with Gasteiger partial charge in [-0.3, -0.25) is 4.79 Å². The molecule has 1 amide bonds. The number of carbonyl (C=O) groups excluding carboxylic acids is 1. The van der Waals surface area contributed by atoms with Crippen molar-refractivity contribution in [1.29, 1.82) is 0 Å². The molecule has 0 saturated heterocycles. The maximum absolute atomic E-state index is 11.5. The van der Waals surface area contributed by atoms with E-state index in [1.165, 1.54) is 0 Å². The molecule has 1 aliphatic carbocycles. The molecule has 0 radical (unpaired) electrons. The largest absolute Gasteiger partial charge is 0.337 e. The minimum atomic E-state index is 0.146. The summed E-state index contributed by atoms with van der Waals surface area (Å²) < 4.78 is 0. The summed E-state index contributed by atoms with van der Waals surface area (Å²) in [4.78, 5) is 13.2. The number of amides is 1. The van der Waals surface area contributed by atoms with Crippen molar-refractivity contribution >= 4 is 5.91 Å². The molecule has 2 nitrogen and oxygen atoms in total. The van der Waals surface area contributed by atoms with E-state index >= 15 is 0 Å². The summed E-state index contributed by atoms with van der Waals surface area (Å²) in [6, 6.07) is 0. The Hall–Kier alpha value is -1.31. The van der Waals surface area contributed by atoms with Crippen LogP contribution in [-0.4, -0.2) is 24.4 Å². The molecule has 0 saturated carbocycles. The van der Waals surface area contributed by atoms with Gasteiger partial charge in [0.05, 0.1) is 0 Å². The van der Waals surface area contributed by atoms with E-state index < -0.39 is 0 Å². The van der Waals surface area contributed by atoms with Gasteiger partial charge in [0.2, 0.25) is 0 Å². The Morgan fingerprint density at radius 3 is 2.92 bits per heavy atom. The van der Waals surface area contributed by atoms with Gasteiger partial charge in [0, 0.05) is 19.2 Å². The molecule has 0 fully saturated rings. The fraction of sp³-hybridized carbons (Fsp3) is 0.300. The lowest BCUT2D eigenvalue weighted by molar-refractivity contribution is -0.124. The molecule has 1 heterocycles. The molecule has 0 unspecified atom stereocenters. The van der Waals surface area contributed by atoms with E-state index in [4.69, 9.17) is 0 Å². The molecule has 2 heteroatoms. The van der Waals surface area contributed by atoms with E-state index in [9.17, 15) is 4.79 Å². The molecule has 0 spiro atoms. The van der Waals surface area contributed by atoms with Crippen molar-refractivity contribution in [2.24, 2.45) is 0 Å². The zero-order valence-electron chi connectivity index (χ0n) is 7.08. The maximum atomic E-state index is 11.5. The molecule has 0 bridgehead atoms. The third kappa shape index (κ3) is 0.998. The van der Waals surface area contributed by atoms with Crippen LogP contribution in [-0.2, 0) is 4.79 Å². The average molecular weight is 161 g/mol. The number of nitrogens with zero attached hydrogens (tertiary/aromatic N) is 1. The SMILES string of the molecule is CN1CC2=C(C=CCC=C2)C1=O. The van der Waals surface area contributed by atoms with Crippen molar-refractivity contribution in [3.05, 3.63) is 35.5 Å². The lowest BCUT2D eigenvalue weighted by atomic mass is 10.1. The minimum absolute atomic E-state index is 0.146. The van der Waals surface area contributed by atoms with E-state index in [0.29, 0.717) is 0 Å². The molecule has 12 heavy (non-hydrogen) atoms. The van der Waals surface area contributed by atoms with Gasteiger partial charge >= 0.3 is 0 Å². The normalized spacial score (nSPS) is 21.8. The summed E-state index contributed by atoms with van der Waals surface area (Å²) in [5.74, 6) is 0.146. The Kier molecular flexibility index (Phi) is 1.61. The Bertz CT molecular complexity index is 310. The molecule has 0 aromatic rings. The van der Waals surface area contributed by atoms with Gasteiger partial charge in [-0.15, -0.1) is 0 Å².